The van der Waals surface area contributed by atoms with E-state index in [-0.39, 0.29) is 12.0 Å². The van der Waals surface area contributed by atoms with Crippen molar-refractivity contribution in [1.29, 1.82) is 0 Å². The molecule has 2 heterocycles. The summed E-state index contributed by atoms with van der Waals surface area (Å²) in [4.78, 5) is 33.0. The van der Waals surface area contributed by atoms with Gasteiger partial charge in [0.1, 0.15) is 11.2 Å². The Bertz CT molecular complexity index is 1200. The second kappa shape index (κ2) is 7.44. The maximum atomic E-state index is 13.2. The molecule has 4 rings (SSSR count). The van der Waals surface area contributed by atoms with Gasteiger partial charge in [-0.25, -0.2) is 9.97 Å². The topological polar surface area (TPSA) is 85.1 Å². The van der Waals surface area contributed by atoms with Gasteiger partial charge in [0.05, 0.1) is 12.1 Å². The summed E-state index contributed by atoms with van der Waals surface area (Å²) in [6, 6.07) is 20.2. The van der Waals surface area contributed by atoms with Crippen LogP contribution in [-0.2, 0) is 17.6 Å². The number of aliphatic carboxylic acids is 1. The van der Waals surface area contributed by atoms with Crippen molar-refractivity contribution in [3.63, 3.8) is 0 Å². The molecule has 0 bridgehead atoms. The summed E-state index contributed by atoms with van der Waals surface area (Å²) < 4.78 is 1.53. The molecular formula is C22H17N3O3. The zero-order chi connectivity index (χ0) is 19.5. The van der Waals surface area contributed by atoms with Gasteiger partial charge in [-0.3, -0.25) is 14.2 Å². The molecule has 0 atom stereocenters. The minimum Gasteiger partial charge on any atom is -0.481 e. The van der Waals surface area contributed by atoms with Gasteiger partial charge in [-0.15, -0.1) is 0 Å². The number of pyridine rings is 1. The molecule has 2 aromatic carbocycles. The second-order valence-corrected chi connectivity index (χ2v) is 6.44. The molecule has 6 heteroatoms. The molecule has 0 aliphatic carbocycles. The normalized spacial score (nSPS) is 10.9. The van der Waals surface area contributed by atoms with Gasteiger partial charge in [-0.05, 0) is 35.4 Å². The molecule has 2 aromatic heterocycles. The minimum atomic E-state index is -0.897. The van der Waals surface area contributed by atoms with Crippen LogP contribution in [0.25, 0.3) is 16.9 Å². The summed E-state index contributed by atoms with van der Waals surface area (Å²) in [5.41, 5.74) is 3.58. The van der Waals surface area contributed by atoms with Crippen molar-refractivity contribution in [2.24, 2.45) is 0 Å². The molecule has 0 fully saturated rings. The predicted molar refractivity (Wildman–Crippen MR) is 106 cm³/mol. The Kier molecular flexibility index (Phi) is 4.68. The van der Waals surface area contributed by atoms with Crippen LogP contribution in [0.3, 0.4) is 0 Å². The number of aromatic nitrogens is 3. The van der Waals surface area contributed by atoms with Crippen molar-refractivity contribution in [3.05, 3.63) is 100 Å². The van der Waals surface area contributed by atoms with E-state index in [4.69, 9.17) is 5.11 Å². The number of hydrogen-bond acceptors (Lipinski definition) is 4. The number of carboxylic acid groups (broad SMARTS) is 1. The fourth-order valence-corrected chi connectivity index (χ4v) is 3.15. The number of nitrogens with zero attached hydrogens (tertiary/aromatic N) is 3. The summed E-state index contributed by atoms with van der Waals surface area (Å²) in [5, 5.41) is 8.94. The lowest BCUT2D eigenvalue weighted by atomic mass is 10.1. The van der Waals surface area contributed by atoms with E-state index < -0.39 is 5.97 Å². The average Bonchev–Trinajstić information content (AvgIpc) is 2.70. The molecule has 0 saturated carbocycles. The van der Waals surface area contributed by atoms with Crippen LogP contribution < -0.4 is 5.56 Å². The van der Waals surface area contributed by atoms with Crippen molar-refractivity contribution in [2.75, 3.05) is 0 Å². The van der Waals surface area contributed by atoms with Crippen molar-refractivity contribution >= 4 is 17.1 Å². The molecule has 4 aromatic rings. The first-order valence-electron chi connectivity index (χ1n) is 8.83. The van der Waals surface area contributed by atoms with Gasteiger partial charge in [0.2, 0.25) is 0 Å². The fraction of sp³-hybridized carbons (Fsp3) is 0.0909. The van der Waals surface area contributed by atoms with Crippen LogP contribution in [0.5, 0.6) is 0 Å². The van der Waals surface area contributed by atoms with E-state index in [1.54, 1.807) is 36.5 Å². The number of fused-ring (bicyclic) bond motifs is 1. The summed E-state index contributed by atoms with van der Waals surface area (Å²) in [6.45, 7) is 0. The highest BCUT2D eigenvalue weighted by Crippen LogP contribution is 2.16. The van der Waals surface area contributed by atoms with Gasteiger partial charge in [-0.1, -0.05) is 42.5 Å². The highest BCUT2D eigenvalue weighted by atomic mass is 16.4. The first kappa shape index (κ1) is 17.6. The average molecular weight is 371 g/mol. The Morgan fingerprint density at radius 3 is 2.39 bits per heavy atom. The molecule has 0 spiro atoms. The van der Waals surface area contributed by atoms with E-state index in [2.05, 4.69) is 9.97 Å². The van der Waals surface area contributed by atoms with Crippen molar-refractivity contribution < 1.29 is 9.90 Å². The van der Waals surface area contributed by atoms with Gasteiger partial charge < -0.3 is 5.11 Å². The van der Waals surface area contributed by atoms with E-state index in [1.807, 2.05) is 36.4 Å². The van der Waals surface area contributed by atoms with Crippen LogP contribution in [0.4, 0.5) is 0 Å². The van der Waals surface area contributed by atoms with Crippen molar-refractivity contribution in [1.82, 2.24) is 14.5 Å². The summed E-state index contributed by atoms with van der Waals surface area (Å²) in [6.07, 6.45) is 1.97. The lowest BCUT2D eigenvalue weighted by Crippen LogP contribution is -2.25. The maximum absolute atomic E-state index is 13.2. The van der Waals surface area contributed by atoms with E-state index in [1.165, 1.54) is 4.57 Å². The van der Waals surface area contributed by atoms with Crippen LogP contribution >= 0.6 is 0 Å². The molecule has 0 saturated heterocycles. The zero-order valence-electron chi connectivity index (χ0n) is 14.9. The standard InChI is InChI=1S/C22H17N3O3/c26-20(27)14-16-8-10-17(11-9-16)25-21-18(7-4-12-23-21)24-19(22(25)28)13-15-5-2-1-3-6-15/h1-12H,13-14H2,(H,26,27). The van der Waals surface area contributed by atoms with Gasteiger partial charge in [0, 0.05) is 12.6 Å². The largest absolute Gasteiger partial charge is 0.481 e. The number of benzene rings is 2. The SMILES string of the molecule is O=C(O)Cc1ccc(-n2c(=O)c(Cc3ccccc3)nc3cccnc32)cc1. The quantitative estimate of drug-likeness (QED) is 0.583. The molecule has 6 nitrogen and oxygen atoms in total. The van der Waals surface area contributed by atoms with E-state index in [0.29, 0.717) is 34.5 Å². The summed E-state index contributed by atoms with van der Waals surface area (Å²) in [7, 11) is 0. The predicted octanol–water partition coefficient (Wildman–Crippen LogP) is 3.00. The van der Waals surface area contributed by atoms with Gasteiger partial charge >= 0.3 is 5.97 Å². The van der Waals surface area contributed by atoms with Crippen molar-refractivity contribution in [2.45, 2.75) is 12.8 Å². The summed E-state index contributed by atoms with van der Waals surface area (Å²) in [5.74, 6) is -0.897. The fourth-order valence-electron chi connectivity index (χ4n) is 3.15. The first-order chi connectivity index (χ1) is 13.6. The highest BCUT2D eigenvalue weighted by Gasteiger charge is 2.14. The summed E-state index contributed by atoms with van der Waals surface area (Å²) >= 11 is 0. The third-order valence-electron chi connectivity index (χ3n) is 4.45. The molecule has 1 N–H and O–H groups in total. The number of hydrogen-bond donors (Lipinski definition) is 1. The van der Waals surface area contributed by atoms with Crippen molar-refractivity contribution in [3.8, 4) is 5.69 Å². The molecule has 0 aliphatic rings. The van der Waals surface area contributed by atoms with E-state index in [0.717, 1.165) is 5.56 Å². The number of carbonyl (C=O) groups is 1. The molecule has 138 valence electrons. The lowest BCUT2D eigenvalue weighted by molar-refractivity contribution is -0.136. The highest BCUT2D eigenvalue weighted by molar-refractivity contribution is 5.73. The van der Waals surface area contributed by atoms with Crippen LogP contribution in [0.15, 0.2) is 77.7 Å². The molecule has 0 amide bonds. The number of carboxylic acids is 1. The molecular weight excluding hydrogens is 354 g/mol. The Morgan fingerprint density at radius 1 is 0.929 bits per heavy atom. The Labute approximate surface area is 160 Å². The van der Waals surface area contributed by atoms with Crippen LogP contribution in [0.2, 0.25) is 0 Å². The van der Waals surface area contributed by atoms with Gasteiger partial charge in [-0.2, -0.15) is 0 Å². The van der Waals surface area contributed by atoms with Crippen LogP contribution in [0, 0.1) is 0 Å². The smallest absolute Gasteiger partial charge is 0.307 e. The molecule has 28 heavy (non-hydrogen) atoms. The minimum absolute atomic E-state index is 0.0657. The third kappa shape index (κ3) is 3.53. The maximum Gasteiger partial charge on any atom is 0.307 e. The Hall–Kier alpha value is -3.80. The number of rotatable bonds is 5. The van der Waals surface area contributed by atoms with E-state index >= 15 is 0 Å². The third-order valence-corrected chi connectivity index (χ3v) is 4.45. The Balaban J connectivity index is 1.85. The first-order valence-corrected chi connectivity index (χ1v) is 8.83. The zero-order valence-corrected chi connectivity index (χ0v) is 14.9. The van der Waals surface area contributed by atoms with Crippen LogP contribution in [0.1, 0.15) is 16.8 Å². The Morgan fingerprint density at radius 2 is 1.68 bits per heavy atom. The second-order valence-electron chi connectivity index (χ2n) is 6.44. The van der Waals surface area contributed by atoms with Gasteiger partial charge in [0.25, 0.3) is 5.56 Å². The molecule has 0 unspecified atom stereocenters. The van der Waals surface area contributed by atoms with E-state index in [9.17, 15) is 9.59 Å². The molecule has 0 radical (unpaired) electrons. The molecule has 0 aliphatic heterocycles. The van der Waals surface area contributed by atoms with Crippen LogP contribution in [-0.4, -0.2) is 25.6 Å². The van der Waals surface area contributed by atoms with Gasteiger partial charge in [0.15, 0.2) is 5.65 Å². The lowest BCUT2D eigenvalue weighted by Gasteiger charge is -2.12. The monoisotopic (exact) mass is 371 g/mol.